The Morgan fingerprint density at radius 2 is 1.04 bits per heavy atom. The van der Waals surface area contributed by atoms with Crippen molar-refractivity contribution in [3.05, 3.63) is 71.8 Å². The zero-order chi connectivity index (χ0) is 18.9. The summed E-state index contributed by atoms with van der Waals surface area (Å²) in [5, 5.41) is 12.0. The van der Waals surface area contributed by atoms with Gasteiger partial charge in [-0.15, -0.1) is 24.0 Å². The van der Waals surface area contributed by atoms with Crippen LogP contribution in [0.4, 0.5) is 0 Å². The average Bonchev–Trinajstić information content (AvgIpc) is 2.70. The highest BCUT2D eigenvalue weighted by atomic mass is 128. The minimum Gasteiger partial charge on any atom is -0.298 e. The highest BCUT2D eigenvalue weighted by molar-refractivity contribution is 15.0. The van der Waals surface area contributed by atoms with Gasteiger partial charge < -0.3 is 0 Å². The predicted octanol–water partition coefficient (Wildman–Crippen LogP) is 7.95. The monoisotopic (exact) mass is 674 g/mol. The van der Waals surface area contributed by atoms with Crippen LogP contribution in [0.1, 0.15) is 43.6 Å². The smallest absolute Gasteiger partial charge is 0.150 e. The molecule has 3 nitrogen and oxygen atoms in total. The summed E-state index contributed by atoms with van der Waals surface area (Å²) < 4.78 is 0. The van der Waals surface area contributed by atoms with E-state index in [4.69, 9.17) is 10.5 Å². The summed E-state index contributed by atoms with van der Waals surface area (Å²) in [5.41, 5.74) is 2.05. The molecule has 0 unspecified atom stereocenters. The van der Waals surface area contributed by atoms with Gasteiger partial charge in [-0.3, -0.25) is 15.3 Å². The minimum atomic E-state index is 0. The molecule has 2 aromatic rings. The van der Waals surface area contributed by atoms with E-state index in [2.05, 4.69) is 56.3 Å². The minimum absolute atomic E-state index is 0. The molecule has 0 aliphatic heterocycles. The maximum atomic E-state index is 10.0. The first-order valence-corrected chi connectivity index (χ1v) is 13.5. The Balaban J connectivity index is -0.0000000693. The number of carbonyl (C=O) groups is 1. The van der Waals surface area contributed by atoms with Gasteiger partial charge in [0.15, 0.2) is 0 Å². The molecule has 0 aliphatic carbocycles. The number of rotatable bonds is 1. The fourth-order valence-electron chi connectivity index (χ4n) is 1.07. The standard InChI is InChI=1S/C7H6O.C7H8.2C2H6.I2.HI.H2O2/c8-6-7-4-2-1-3-5-7;1-7-5-3-2-4-6-7;3*1-2;;1-2/h1-6H;2-6H,1H3;2*1-2H3;;1H;1-2H. The van der Waals surface area contributed by atoms with Crippen molar-refractivity contribution in [1.29, 1.82) is 0 Å². The van der Waals surface area contributed by atoms with Crippen LogP contribution in [0.15, 0.2) is 60.7 Å². The van der Waals surface area contributed by atoms with Crippen molar-refractivity contribution >= 4 is 67.5 Å². The summed E-state index contributed by atoms with van der Waals surface area (Å²) in [6, 6.07) is 19.4. The van der Waals surface area contributed by atoms with Crippen LogP contribution in [0.3, 0.4) is 0 Å². The molecule has 24 heavy (non-hydrogen) atoms. The second kappa shape index (κ2) is 38.7. The lowest BCUT2D eigenvalue weighted by atomic mass is 10.2. The molecular weight excluding hydrogens is 645 g/mol. The Bertz CT molecular complexity index is 399. The quantitative estimate of drug-likeness (QED) is 0.140. The molecule has 0 fully saturated rings. The van der Waals surface area contributed by atoms with Crippen LogP contribution in [0, 0.1) is 6.92 Å². The van der Waals surface area contributed by atoms with Crippen LogP contribution in [-0.2, 0) is 0 Å². The highest BCUT2D eigenvalue weighted by Gasteiger charge is 1.80. The molecule has 0 heterocycles. The topological polar surface area (TPSA) is 57.5 Å². The maximum Gasteiger partial charge on any atom is 0.150 e. The molecule has 0 amide bonds. The summed E-state index contributed by atoms with van der Waals surface area (Å²) >= 11 is 4.24. The molecule has 0 bridgehead atoms. The second-order valence-electron chi connectivity index (χ2n) is 3.18. The van der Waals surface area contributed by atoms with Crippen molar-refractivity contribution in [3.8, 4) is 0 Å². The lowest BCUT2D eigenvalue weighted by Gasteiger charge is -1.82. The Morgan fingerprint density at radius 1 is 0.750 bits per heavy atom. The van der Waals surface area contributed by atoms with Gasteiger partial charge in [0, 0.05) is 42.8 Å². The molecule has 0 radical (unpaired) electrons. The molecule has 140 valence electrons. The van der Waals surface area contributed by atoms with Crippen molar-refractivity contribution in [2.24, 2.45) is 0 Å². The second-order valence-corrected chi connectivity index (χ2v) is 3.18. The van der Waals surface area contributed by atoms with Gasteiger partial charge in [-0.25, -0.2) is 0 Å². The first-order chi connectivity index (χ1) is 11.3. The first-order valence-electron chi connectivity index (χ1n) is 7.19. The van der Waals surface area contributed by atoms with Crippen LogP contribution in [-0.4, -0.2) is 16.8 Å². The maximum absolute atomic E-state index is 10.0. The van der Waals surface area contributed by atoms with E-state index in [1.807, 2.05) is 64.1 Å². The first kappa shape index (κ1) is 35.4. The number of aryl methyl sites for hydroxylation is 1. The zero-order valence-corrected chi connectivity index (χ0v) is 21.5. The summed E-state index contributed by atoms with van der Waals surface area (Å²) in [7, 11) is 0. The number of carbonyl (C=O) groups excluding carboxylic acids is 1. The zero-order valence-electron chi connectivity index (χ0n) is 14.8. The van der Waals surface area contributed by atoms with Gasteiger partial charge in [0.25, 0.3) is 0 Å². The van der Waals surface area contributed by atoms with E-state index in [9.17, 15) is 4.79 Å². The fraction of sp³-hybridized carbons (Fsp3) is 0.278. The number of hydrogen-bond donors (Lipinski definition) is 2. The van der Waals surface area contributed by atoms with E-state index >= 15 is 0 Å². The van der Waals surface area contributed by atoms with Crippen molar-refractivity contribution in [3.63, 3.8) is 0 Å². The summed E-state index contributed by atoms with van der Waals surface area (Å²) in [6.07, 6.45) is 0.833. The van der Waals surface area contributed by atoms with E-state index in [0.29, 0.717) is 0 Å². The number of halogens is 3. The molecule has 0 atom stereocenters. The molecule has 2 aromatic carbocycles. The van der Waals surface area contributed by atoms with E-state index in [1.54, 1.807) is 12.1 Å². The fourth-order valence-corrected chi connectivity index (χ4v) is 1.07. The van der Waals surface area contributed by atoms with E-state index in [-0.39, 0.29) is 24.0 Å². The summed E-state index contributed by atoms with van der Waals surface area (Å²) in [4.78, 5) is 10.0. The Morgan fingerprint density at radius 3 is 1.21 bits per heavy atom. The SMILES string of the molecule is CC.CC.Cc1ccccc1.I.II.O=Cc1ccccc1.OO. The number of hydrogen-bond acceptors (Lipinski definition) is 3. The summed E-state index contributed by atoms with van der Waals surface area (Å²) in [6.45, 7) is 10.1. The molecule has 0 saturated heterocycles. The van der Waals surface area contributed by atoms with Gasteiger partial charge in [0.2, 0.25) is 0 Å². The molecule has 0 aromatic heterocycles. The molecule has 0 spiro atoms. The Hall–Kier alpha value is 0.220. The van der Waals surface area contributed by atoms with Crippen LogP contribution in [0.2, 0.25) is 0 Å². The van der Waals surface area contributed by atoms with E-state index < -0.39 is 0 Å². The van der Waals surface area contributed by atoms with Gasteiger partial charge in [0.05, 0.1) is 0 Å². The van der Waals surface area contributed by atoms with E-state index in [0.717, 1.165) is 11.8 Å². The third kappa shape index (κ3) is 30.1. The van der Waals surface area contributed by atoms with Crippen LogP contribution < -0.4 is 0 Å². The largest absolute Gasteiger partial charge is 0.298 e. The van der Waals surface area contributed by atoms with Crippen LogP contribution in [0.5, 0.6) is 0 Å². The third-order valence-electron chi connectivity index (χ3n) is 1.88. The molecule has 6 heteroatoms. The van der Waals surface area contributed by atoms with Gasteiger partial charge in [-0.05, 0) is 6.92 Å². The van der Waals surface area contributed by atoms with Crippen LogP contribution >= 0.6 is 61.2 Å². The Labute approximate surface area is 187 Å². The molecular formula is C18H29I3O3. The number of aldehydes is 1. The van der Waals surface area contributed by atoms with Crippen molar-refractivity contribution in [2.45, 2.75) is 34.6 Å². The lowest BCUT2D eigenvalue weighted by molar-refractivity contribution is -0.176. The van der Waals surface area contributed by atoms with Crippen LogP contribution in [0.25, 0.3) is 0 Å². The molecule has 2 rings (SSSR count). The van der Waals surface area contributed by atoms with Gasteiger partial charge in [-0.1, -0.05) is 93.9 Å². The van der Waals surface area contributed by atoms with Crippen molar-refractivity contribution in [1.82, 2.24) is 0 Å². The van der Waals surface area contributed by atoms with Crippen molar-refractivity contribution in [2.75, 3.05) is 0 Å². The number of benzene rings is 2. The third-order valence-corrected chi connectivity index (χ3v) is 1.88. The predicted molar refractivity (Wildman–Crippen MR) is 134 cm³/mol. The van der Waals surface area contributed by atoms with Crippen molar-refractivity contribution < 1.29 is 15.3 Å². The van der Waals surface area contributed by atoms with Gasteiger partial charge in [0.1, 0.15) is 6.29 Å². The normalized spacial score (nSPS) is 6.38. The molecule has 2 N–H and O–H groups in total. The Kier molecular flexibility index (Phi) is 56.9. The van der Waals surface area contributed by atoms with Gasteiger partial charge >= 0.3 is 0 Å². The summed E-state index contributed by atoms with van der Waals surface area (Å²) in [5.74, 6) is 0. The highest BCUT2D eigenvalue weighted by Crippen LogP contribution is 1.92. The van der Waals surface area contributed by atoms with E-state index in [1.165, 1.54) is 5.56 Å². The lowest BCUT2D eigenvalue weighted by Crippen LogP contribution is -1.73. The van der Waals surface area contributed by atoms with Gasteiger partial charge in [-0.2, -0.15) is 0 Å². The molecule has 0 aliphatic rings. The average molecular weight is 674 g/mol. The molecule has 0 saturated carbocycles.